The molecule has 2 atom stereocenters. The summed E-state index contributed by atoms with van der Waals surface area (Å²) in [6.45, 7) is 5.50. The Balaban J connectivity index is 1.73. The summed E-state index contributed by atoms with van der Waals surface area (Å²) >= 11 is 0. The van der Waals surface area contributed by atoms with Crippen LogP contribution in [0.5, 0.6) is 0 Å². The second kappa shape index (κ2) is 9.35. The Labute approximate surface area is 170 Å². The first kappa shape index (κ1) is 21.2. The molecule has 2 aliphatic heterocycles. The van der Waals surface area contributed by atoms with E-state index in [2.05, 4.69) is 5.32 Å². The number of nitrogens with one attached hydrogen (secondary N) is 1. The Bertz CT molecular complexity index is 770. The normalized spacial score (nSPS) is 22.8. The van der Waals surface area contributed by atoms with Crippen molar-refractivity contribution in [2.75, 3.05) is 32.7 Å². The molecule has 0 saturated carbocycles. The zero-order valence-electron chi connectivity index (χ0n) is 16.9. The summed E-state index contributed by atoms with van der Waals surface area (Å²) in [5, 5.41) is 2.66. The number of hydrogen-bond acceptors (Lipinski definition) is 4. The van der Waals surface area contributed by atoms with Gasteiger partial charge < -0.3 is 19.9 Å². The maximum atomic E-state index is 13.9. The zero-order valence-corrected chi connectivity index (χ0v) is 16.9. The van der Waals surface area contributed by atoms with E-state index in [9.17, 15) is 18.8 Å². The lowest BCUT2D eigenvalue weighted by atomic mass is 10.1. The van der Waals surface area contributed by atoms with E-state index in [1.807, 2.05) is 13.8 Å². The fourth-order valence-corrected chi connectivity index (χ4v) is 3.73. The Hall–Kier alpha value is -2.48. The monoisotopic (exact) mass is 405 g/mol. The van der Waals surface area contributed by atoms with E-state index in [1.54, 1.807) is 23.1 Å². The van der Waals surface area contributed by atoms with E-state index in [-0.39, 0.29) is 55.6 Å². The van der Waals surface area contributed by atoms with Crippen LogP contribution in [0.4, 0.5) is 4.39 Å². The molecule has 3 rings (SSSR count). The predicted octanol–water partition coefficient (Wildman–Crippen LogP) is 1.17. The molecule has 2 heterocycles. The van der Waals surface area contributed by atoms with Crippen molar-refractivity contribution in [2.24, 2.45) is 11.8 Å². The molecule has 0 spiro atoms. The van der Waals surface area contributed by atoms with Crippen molar-refractivity contribution >= 4 is 17.7 Å². The Kier molecular flexibility index (Phi) is 6.84. The van der Waals surface area contributed by atoms with Gasteiger partial charge in [0.15, 0.2) is 0 Å². The topological polar surface area (TPSA) is 79.0 Å². The number of amides is 3. The first-order chi connectivity index (χ1) is 13.8. The molecule has 2 fully saturated rings. The molecule has 1 aromatic rings. The summed E-state index contributed by atoms with van der Waals surface area (Å²) in [4.78, 5) is 40.3. The van der Waals surface area contributed by atoms with E-state index in [0.717, 1.165) is 0 Å². The van der Waals surface area contributed by atoms with Gasteiger partial charge in [0.25, 0.3) is 0 Å². The SMILES string of the molecule is CC(C)CN1C[C@H](OCc2ccccc2F)CN(C(=O)[C@H]2CNC(=O)C2)CC1=O. The van der Waals surface area contributed by atoms with Crippen molar-refractivity contribution in [3.63, 3.8) is 0 Å². The average molecular weight is 405 g/mol. The van der Waals surface area contributed by atoms with Crippen molar-refractivity contribution < 1.29 is 23.5 Å². The Morgan fingerprint density at radius 1 is 1.28 bits per heavy atom. The van der Waals surface area contributed by atoms with Crippen LogP contribution < -0.4 is 5.32 Å². The standard InChI is InChI=1S/C21H28FN3O4/c1-14(2)9-24-10-17(29-13-15-5-3-4-6-18(15)22)11-25(12-20(24)27)21(28)16-7-19(26)23-8-16/h3-6,14,16-17H,7-13H2,1-2H3,(H,23,26)/t16-,17+/m1/s1. The maximum Gasteiger partial charge on any atom is 0.242 e. The van der Waals surface area contributed by atoms with E-state index >= 15 is 0 Å². The maximum absolute atomic E-state index is 13.9. The minimum Gasteiger partial charge on any atom is -0.370 e. The third kappa shape index (κ3) is 5.53. The lowest BCUT2D eigenvalue weighted by Crippen LogP contribution is -2.43. The van der Waals surface area contributed by atoms with Crippen LogP contribution in [0.25, 0.3) is 0 Å². The number of carbonyl (C=O) groups is 3. The second-order valence-electron chi connectivity index (χ2n) is 8.14. The van der Waals surface area contributed by atoms with Gasteiger partial charge in [-0.1, -0.05) is 32.0 Å². The number of hydrogen-bond donors (Lipinski definition) is 1. The number of rotatable bonds is 6. The Morgan fingerprint density at radius 3 is 2.69 bits per heavy atom. The van der Waals surface area contributed by atoms with Crippen molar-refractivity contribution in [3.8, 4) is 0 Å². The molecule has 29 heavy (non-hydrogen) atoms. The first-order valence-electron chi connectivity index (χ1n) is 10.0. The highest BCUT2D eigenvalue weighted by Gasteiger charge is 2.36. The molecule has 158 valence electrons. The molecule has 2 saturated heterocycles. The lowest BCUT2D eigenvalue weighted by molar-refractivity contribution is -0.141. The molecular formula is C21H28FN3O4. The summed E-state index contributed by atoms with van der Waals surface area (Å²) < 4.78 is 19.9. The molecule has 8 heteroatoms. The largest absolute Gasteiger partial charge is 0.370 e. The molecule has 0 aromatic heterocycles. The minimum absolute atomic E-state index is 0.0319. The van der Waals surface area contributed by atoms with Crippen LogP contribution in [-0.2, 0) is 25.7 Å². The lowest BCUT2D eigenvalue weighted by Gasteiger charge is -2.26. The average Bonchev–Trinajstić information content (AvgIpc) is 3.04. The fourth-order valence-electron chi connectivity index (χ4n) is 3.73. The number of nitrogens with zero attached hydrogens (tertiary/aromatic N) is 2. The minimum atomic E-state index is -0.459. The first-order valence-corrected chi connectivity index (χ1v) is 10.0. The number of halogens is 1. The molecule has 0 bridgehead atoms. The Morgan fingerprint density at radius 2 is 2.03 bits per heavy atom. The zero-order chi connectivity index (χ0) is 21.0. The van der Waals surface area contributed by atoms with Gasteiger partial charge in [-0.15, -0.1) is 0 Å². The van der Waals surface area contributed by atoms with Gasteiger partial charge in [0, 0.05) is 38.2 Å². The molecular weight excluding hydrogens is 377 g/mol. The van der Waals surface area contributed by atoms with Gasteiger partial charge in [0.1, 0.15) is 5.82 Å². The highest BCUT2D eigenvalue weighted by molar-refractivity contribution is 5.91. The third-order valence-corrected chi connectivity index (χ3v) is 5.18. The van der Waals surface area contributed by atoms with E-state index < -0.39 is 12.0 Å². The fraction of sp³-hybridized carbons (Fsp3) is 0.571. The molecule has 1 N–H and O–H groups in total. The molecule has 0 radical (unpaired) electrons. The quantitative estimate of drug-likeness (QED) is 0.771. The van der Waals surface area contributed by atoms with Crippen LogP contribution in [0.2, 0.25) is 0 Å². The number of carbonyl (C=O) groups excluding carboxylic acids is 3. The molecule has 1 aromatic carbocycles. The van der Waals surface area contributed by atoms with Crippen molar-refractivity contribution in [3.05, 3.63) is 35.6 Å². The highest BCUT2D eigenvalue weighted by Crippen LogP contribution is 2.18. The van der Waals surface area contributed by atoms with E-state index in [1.165, 1.54) is 11.0 Å². The van der Waals surface area contributed by atoms with Crippen LogP contribution in [-0.4, -0.2) is 66.3 Å². The summed E-state index contributed by atoms with van der Waals surface area (Å²) in [5.41, 5.74) is 0.432. The van der Waals surface area contributed by atoms with Gasteiger partial charge in [-0.3, -0.25) is 14.4 Å². The predicted molar refractivity (Wildman–Crippen MR) is 104 cm³/mol. The van der Waals surface area contributed by atoms with Crippen molar-refractivity contribution in [2.45, 2.75) is 33.0 Å². The molecule has 3 amide bonds. The summed E-state index contributed by atoms with van der Waals surface area (Å²) in [5.74, 6) is -1.05. The van der Waals surface area contributed by atoms with Gasteiger partial charge >= 0.3 is 0 Å². The number of benzene rings is 1. The van der Waals surface area contributed by atoms with Gasteiger partial charge in [0.2, 0.25) is 17.7 Å². The van der Waals surface area contributed by atoms with E-state index in [4.69, 9.17) is 4.74 Å². The highest BCUT2D eigenvalue weighted by atomic mass is 19.1. The smallest absolute Gasteiger partial charge is 0.242 e. The second-order valence-corrected chi connectivity index (χ2v) is 8.14. The molecule has 7 nitrogen and oxygen atoms in total. The van der Waals surface area contributed by atoms with E-state index in [0.29, 0.717) is 25.2 Å². The van der Waals surface area contributed by atoms with Crippen LogP contribution in [0.3, 0.4) is 0 Å². The van der Waals surface area contributed by atoms with Gasteiger partial charge in [-0.25, -0.2) is 4.39 Å². The van der Waals surface area contributed by atoms with Crippen LogP contribution in [0.1, 0.15) is 25.8 Å². The summed E-state index contributed by atoms with van der Waals surface area (Å²) in [6, 6.07) is 6.39. The van der Waals surface area contributed by atoms with Gasteiger partial charge in [-0.2, -0.15) is 0 Å². The van der Waals surface area contributed by atoms with Gasteiger partial charge in [-0.05, 0) is 12.0 Å². The number of ether oxygens (including phenoxy) is 1. The summed E-state index contributed by atoms with van der Waals surface area (Å²) in [6.07, 6.45) is -0.297. The van der Waals surface area contributed by atoms with Crippen LogP contribution >= 0.6 is 0 Å². The summed E-state index contributed by atoms with van der Waals surface area (Å²) in [7, 11) is 0. The molecule has 2 aliphatic rings. The van der Waals surface area contributed by atoms with Crippen molar-refractivity contribution in [1.29, 1.82) is 0 Å². The molecule has 0 unspecified atom stereocenters. The molecule has 0 aliphatic carbocycles. The van der Waals surface area contributed by atoms with Crippen LogP contribution in [0.15, 0.2) is 24.3 Å². The van der Waals surface area contributed by atoms with Crippen LogP contribution in [0, 0.1) is 17.7 Å². The van der Waals surface area contributed by atoms with Crippen molar-refractivity contribution in [1.82, 2.24) is 15.1 Å². The third-order valence-electron chi connectivity index (χ3n) is 5.18. The van der Waals surface area contributed by atoms with Gasteiger partial charge in [0.05, 0.1) is 25.2 Å².